The molecule has 3 aromatic rings. The normalized spacial score (nSPS) is 17.5. The largest absolute Gasteiger partial charge is 0.337 e. The molecule has 0 radical (unpaired) electrons. The van der Waals surface area contributed by atoms with Gasteiger partial charge in [0.15, 0.2) is 0 Å². The Morgan fingerprint density at radius 3 is 2.44 bits per heavy atom. The molecule has 0 saturated carbocycles. The molecule has 0 N–H and O–H groups in total. The fourth-order valence-electron chi connectivity index (χ4n) is 3.90. The third-order valence-corrected chi connectivity index (χ3v) is 5.40. The molecular weight excluding hydrogens is 334 g/mol. The molecule has 1 amide bonds. The molecule has 27 heavy (non-hydrogen) atoms. The molecule has 138 valence electrons. The fraction of sp³-hybridized carbons (Fsp3) is 0.304. The number of carbonyl (C=O) groups is 1. The summed E-state index contributed by atoms with van der Waals surface area (Å²) in [7, 11) is 1.85. The molecule has 0 unspecified atom stereocenters. The third-order valence-electron chi connectivity index (χ3n) is 5.40. The summed E-state index contributed by atoms with van der Waals surface area (Å²) in [6.45, 7) is 1.59. The second-order valence-electron chi connectivity index (χ2n) is 7.26. The number of hydrogen-bond donors (Lipinski definition) is 0. The Kier molecular flexibility index (Phi) is 5.05. The van der Waals surface area contributed by atoms with Crippen LogP contribution in [0, 0.1) is 0 Å². The number of amides is 1. The quantitative estimate of drug-likeness (QED) is 0.691. The van der Waals surface area contributed by atoms with E-state index in [9.17, 15) is 4.79 Å². The van der Waals surface area contributed by atoms with Gasteiger partial charge < -0.3 is 4.90 Å². The zero-order valence-electron chi connectivity index (χ0n) is 15.7. The summed E-state index contributed by atoms with van der Waals surface area (Å²) in [4.78, 5) is 15.3. The standard InChI is InChI=1S/C23H25N3O/c1-25-22(16-21(24-25)19-12-6-3-7-13-19)23(27)26-15-9-8-14-20(17-26)18-10-4-2-5-11-18/h2-7,10-13,16,20H,8-9,14-15,17H2,1H3/t20-/m1/s1. The summed E-state index contributed by atoms with van der Waals surface area (Å²) < 4.78 is 1.72. The van der Waals surface area contributed by atoms with Gasteiger partial charge in [0.05, 0.1) is 5.69 Å². The average Bonchev–Trinajstić information content (AvgIpc) is 2.94. The van der Waals surface area contributed by atoms with E-state index in [4.69, 9.17) is 0 Å². The Bertz CT molecular complexity index is 902. The van der Waals surface area contributed by atoms with Crippen LogP contribution in [0.15, 0.2) is 66.7 Å². The lowest BCUT2D eigenvalue weighted by Gasteiger charge is -2.24. The maximum Gasteiger partial charge on any atom is 0.272 e. The second kappa shape index (κ2) is 7.78. The van der Waals surface area contributed by atoms with Gasteiger partial charge in [0.2, 0.25) is 0 Å². The lowest BCUT2D eigenvalue weighted by atomic mass is 9.94. The molecule has 0 bridgehead atoms. The smallest absolute Gasteiger partial charge is 0.272 e. The summed E-state index contributed by atoms with van der Waals surface area (Å²) in [5.41, 5.74) is 3.86. The van der Waals surface area contributed by atoms with Crippen molar-refractivity contribution in [2.75, 3.05) is 13.1 Å². The molecule has 1 aromatic heterocycles. The number of aromatic nitrogens is 2. The minimum absolute atomic E-state index is 0.0787. The summed E-state index contributed by atoms with van der Waals surface area (Å²) in [6, 6.07) is 22.5. The Balaban J connectivity index is 1.57. The van der Waals surface area contributed by atoms with E-state index in [0.717, 1.165) is 43.6 Å². The van der Waals surface area contributed by atoms with Crippen LogP contribution in [-0.2, 0) is 7.05 Å². The monoisotopic (exact) mass is 359 g/mol. The van der Waals surface area contributed by atoms with Gasteiger partial charge in [0.25, 0.3) is 5.91 Å². The molecule has 1 fully saturated rings. The summed E-state index contributed by atoms with van der Waals surface area (Å²) in [5, 5.41) is 4.57. The predicted octanol–water partition coefficient (Wildman–Crippen LogP) is 4.50. The summed E-state index contributed by atoms with van der Waals surface area (Å²) in [6.07, 6.45) is 3.34. The van der Waals surface area contributed by atoms with Crippen LogP contribution in [-0.4, -0.2) is 33.7 Å². The van der Waals surface area contributed by atoms with Crippen LogP contribution in [0.3, 0.4) is 0 Å². The predicted molar refractivity (Wildman–Crippen MR) is 108 cm³/mol. The molecule has 2 heterocycles. The van der Waals surface area contributed by atoms with Crippen molar-refractivity contribution in [2.24, 2.45) is 7.05 Å². The maximum atomic E-state index is 13.3. The van der Waals surface area contributed by atoms with Crippen LogP contribution < -0.4 is 0 Å². The van der Waals surface area contributed by atoms with Crippen LogP contribution in [0.1, 0.15) is 41.2 Å². The van der Waals surface area contributed by atoms with Crippen molar-refractivity contribution >= 4 is 5.91 Å². The third kappa shape index (κ3) is 3.80. The Morgan fingerprint density at radius 1 is 1.00 bits per heavy atom. The number of likely N-dealkylation sites (tertiary alicyclic amines) is 1. The Morgan fingerprint density at radius 2 is 1.70 bits per heavy atom. The molecule has 0 spiro atoms. The summed E-state index contributed by atoms with van der Waals surface area (Å²) >= 11 is 0. The van der Waals surface area contributed by atoms with Crippen molar-refractivity contribution in [1.82, 2.24) is 14.7 Å². The molecule has 1 saturated heterocycles. The van der Waals surface area contributed by atoms with Gasteiger partial charge in [-0.3, -0.25) is 9.48 Å². The van der Waals surface area contributed by atoms with Crippen LogP contribution in [0.5, 0.6) is 0 Å². The van der Waals surface area contributed by atoms with Crippen LogP contribution >= 0.6 is 0 Å². The van der Waals surface area contributed by atoms with Crippen molar-refractivity contribution in [1.29, 1.82) is 0 Å². The SMILES string of the molecule is Cn1nc(-c2ccccc2)cc1C(=O)N1CCCC[C@@H](c2ccccc2)C1. The molecule has 1 aliphatic heterocycles. The van der Waals surface area contributed by atoms with E-state index in [2.05, 4.69) is 29.4 Å². The minimum Gasteiger partial charge on any atom is -0.337 e. The van der Waals surface area contributed by atoms with Crippen LogP contribution in [0.4, 0.5) is 0 Å². The molecule has 4 rings (SSSR count). The highest BCUT2D eigenvalue weighted by Crippen LogP contribution is 2.27. The number of aryl methyl sites for hydroxylation is 1. The van der Waals surface area contributed by atoms with E-state index in [0.29, 0.717) is 11.6 Å². The Hall–Kier alpha value is -2.88. The molecular formula is C23H25N3O. The molecule has 2 aromatic carbocycles. The maximum absolute atomic E-state index is 13.3. The van der Waals surface area contributed by atoms with Gasteiger partial charge in [0, 0.05) is 31.6 Å². The van der Waals surface area contributed by atoms with E-state index in [1.165, 1.54) is 5.56 Å². The van der Waals surface area contributed by atoms with E-state index < -0.39 is 0 Å². The molecule has 0 aliphatic carbocycles. The highest BCUT2D eigenvalue weighted by Gasteiger charge is 2.26. The molecule has 1 aliphatic rings. The second-order valence-corrected chi connectivity index (χ2v) is 7.26. The summed E-state index contributed by atoms with van der Waals surface area (Å²) in [5.74, 6) is 0.481. The van der Waals surface area contributed by atoms with E-state index in [1.54, 1.807) is 4.68 Å². The number of carbonyl (C=O) groups excluding carboxylic acids is 1. The lowest BCUT2D eigenvalue weighted by molar-refractivity contribution is 0.0743. The topological polar surface area (TPSA) is 38.1 Å². The number of rotatable bonds is 3. The first-order valence-electron chi connectivity index (χ1n) is 9.66. The van der Waals surface area contributed by atoms with Gasteiger partial charge in [-0.05, 0) is 24.5 Å². The van der Waals surface area contributed by atoms with Gasteiger partial charge >= 0.3 is 0 Å². The number of hydrogen-bond acceptors (Lipinski definition) is 2. The molecule has 4 nitrogen and oxygen atoms in total. The van der Waals surface area contributed by atoms with E-state index in [1.807, 2.05) is 54.4 Å². The molecule has 4 heteroatoms. The molecule has 1 atom stereocenters. The number of nitrogens with zero attached hydrogens (tertiary/aromatic N) is 3. The fourth-order valence-corrected chi connectivity index (χ4v) is 3.90. The van der Waals surface area contributed by atoms with Crippen molar-refractivity contribution in [3.8, 4) is 11.3 Å². The van der Waals surface area contributed by atoms with Gasteiger partial charge in [-0.1, -0.05) is 67.1 Å². The van der Waals surface area contributed by atoms with Crippen LogP contribution in [0.25, 0.3) is 11.3 Å². The number of benzene rings is 2. The van der Waals surface area contributed by atoms with Gasteiger partial charge in [-0.2, -0.15) is 5.10 Å². The van der Waals surface area contributed by atoms with Crippen LogP contribution in [0.2, 0.25) is 0 Å². The highest BCUT2D eigenvalue weighted by atomic mass is 16.2. The van der Waals surface area contributed by atoms with Crippen molar-refractivity contribution < 1.29 is 4.79 Å². The van der Waals surface area contributed by atoms with Gasteiger partial charge in [-0.25, -0.2) is 0 Å². The minimum atomic E-state index is 0.0787. The van der Waals surface area contributed by atoms with Gasteiger partial charge in [-0.15, -0.1) is 0 Å². The highest BCUT2D eigenvalue weighted by molar-refractivity contribution is 5.93. The zero-order valence-corrected chi connectivity index (χ0v) is 15.7. The van der Waals surface area contributed by atoms with E-state index >= 15 is 0 Å². The lowest BCUT2D eigenvalue weighted by Crippen LogP contribution is -2.35. The van der Waals surface area contributed by atoms with Crippen molar-refractivity contribution in [3.63, 3.8) is 0 Å². The van der Waals surface area contributed by atoms with E-state index in [-0.39, 0.29) is 5.91 Å². The average molecular weight is 359 g/mol. The van der Waals surface area contributed by atoms with Gasteiger partial charge in [0.1, 0.15) is 5.69 Å². The first kappa shape index (κ1) is 17.5. The van der Waals surface area contributed by atoms with Crippen molar-refractivity contribution in [2.45, 2.75) is 25.2 Å². The first-order chi connectivity index (χ1) is 13.2. The zero-order chi connectivity index (χ0) is 18.6. The first-order valence-corrected chi connectivity index (χ1v) is 9.66. The van der Waals surface area contributed by atoms with Crippen molar-refractivity contribution in [3.05, 3.63) is 78.0 Å². The Labute approximate surface area is 160 Å².